The molecule has 0 bridgehead atoms. The van der Waals surface area contributed by atoms with Crippen molar-refractivity contribution in [2.75, 3.05) is 11.9 Å². The summed E-state index contributed by atoms with van der Waals surface area (Å²) in [6, 6.07) is 6.37. The second-order valence-electron chi connectivity index (χ2n) is 5.40. The SMILES string of the molecule is CCc1sc(NC(=O)CCCN)nc1-c1ccc(C)cc1C. The number of hydrogen-bond donors (Lipinski definition) is 2. The smallest absolute Gasteiger partial charge is 0.226 e. The molecule has 1 aromatic heterocycles. The van der Waals surface area contributed by atoms with Crippen LogP contribution in [0.3, 0.4) is 0 Å². The van der Waals surface area contributed by atoms with Crippen LogP contribution in [0.4, 0.5) is 5.13 Å². The molecule has 0 aliphatic heterocycles. The molecule has 118 valence electrons. The Labute approximate surface area is 135 Å². The number of nitrogens with one attached hydrogen (secondary N) is 1. The number of nitrogens with two attached hydrogens (primary N) is 1. The van der Waals surface area contributed by atoms with Gasteiger partial charge in [0.15, 0.2) is 5.13 Å². The summed E-state index contributed by atoms with van der Waals surface area (Å²) in [4.78, 5) is 17.7. The zero-order chi connectivity index (χ0) is 16.1. The number of hydrogen-bond acceptors (Lipinski definition) is 4. The molecule has 3 N–H and O–H groups in total. The van der Waals surface area contributed by atoms with E-state index in [4.69, 9.17) is 5.73 Å². The molecular weight excluding hydrogens is 294 g/mol. The lowest BCUT2D eigenvalue weighted by atomic mass is 10.0. The summed E-state index contributed by atoms with van der Waals surface area (Å²) < 4.78 is 0. The lowest BCUT2D eigenvalue weighted by Gasteiger charge is -2.06. The van der Waals surface area contributed by atoms with E-state index < -0.39 is 0 Å². The summed E-state index contributed by atoms with van der Waals surface area (Å²) in [5.74, 6) is -0.0194. The van der Waals surface area contributed by atoms with Crippen molar-refractivity contribution in [3.05, 3.63) is 34.2 Å². The van der Waals surface area contributed by atoms with Gasteiger partial charge < -0.3 is 11.1 Å². The lowest BCUT2D eigenvalue weighted by molar-refractivity contribution is -0.116. The third kappa shape index (κ3) is 3.93. The highest BCUT2D eigenvalue weighted by Gasteiger charge is 2.15. The first kappa shape index (κ1) is 16.6. The standard InChI is InChI=1S/C17H23N3OS/c1-4-14-16(13-8-7-11(2)10-12(13)3)20-17(22-14)19-15(21)6-5-9-18/h7-8,10H,4-6,9,18H2,1-3H3,(H,19,20,21). The van der Waals surface area contributed by atoms with E-state index in [0.717, 1.165) is 17.7 Å². The Morgan fingerprint density at radius 3 is 2.77 bits per heavy atom. The van der Waals surface area contributed by atoms with Crippen molar-refractivity contribution in [1.82, 2.24) is 4.98 Å². The van der Waals surface area contributed by atoms with Gasteiger partial charge in [-0.15, -0.1) is 11.3 Å². The van der Waals surface area contributed by atoms with Crippen molar-refractivity contribution in [3.8, 4) is 11.3 Å². The lowest BCUT2D eigenvalue weighted by Crippen LogP contribution is -2.13. The molecule has 0 saturated heterocycles. The summed E-state index contributed by atoms with van der Waals surface area (Å²) in [5.41, 5.74) is 10.0. The number of aromatic nitrogens is 1. The van der Waals surface area contributed by atoms with Gasteiger partial charge in [-0.05, 0) is 38.8 Å². The maximum Gasteiger partial charge on any atom is 0.226 e. The first-order valence-electron chi connectivity index (χ1n) is 7.62. The Hall–Kier alpha value is -1.72. The fraction of sp³-hybridized carbons (Fsp3) is 0.412. The number of anilines is 1. The second kappa shape index (κ2) is 7.51. The number of carbonyl (C=O) groups excluding carboxylic acids is 1. The number of rotatable bonds is 6. The van der Waals surface area contributed by atoms with E-state index in [1.165, 1.54) is 16.0 Å². The molecule has 0 aliphatic rings. The molecular formula is C17H23N3OS. The van der Waals surface area contributed by atoms with Crippen LogP contribution in [0.5, 0.6) is 0 Å². The predicted octanol–water partition coefficient (Wildman–Crippen LogP) is 3.67. The Bertz CT molecular complexity index is 664. The summed E-state index contributed by atoms with van der Waals surface area (Å²) in [6.07, 6.45) is 2.04. The van der Waals surface area contributed by atoms with Crippen LogP contribution < -0.4 is 11.1 Å². The maximum absolute atomic E-state index is 11.8. The Balaban J connectivity index is 2.27. The van der Waals surface area contributed by atoms with Crippen LogP contribution in [0.1, 0.15) is 35.8 Å². The van der Waals surface area contributed by atoms with E-state index >= 15 is 0 Å². The second-order valence-corrected chi connectivity index (χ2v) is 6.49. The molecule has 2 aromatic rings. The van der Waals surface area contributed by atoms with Gasteiger partial charge in [0.05, 0.1) is 5.69 Å². The monoisotopic (exact) mass is 317 g/mol. The van der Waals surface area contributed by atoms with E-state index in [2.05, 4.69) is 49.3 Å². The molecule has 2 rings (SSSR count). The van der Waals surface area contributed by atoms with Gasteiger partial charge >= 0.3 is 0 Å². The first-order valence-corrected chi connectivity index (χ1v) is 8.44. The summed E-state index contributed by atoms with van der Waals surface area (Å²) in [6.45, 7) is 6.82. The van der Waals surface area contributed by atoms with Crippen molar-refractivity contribution in [3.63, 3.8) is 0 Å². The topological polar surface area (TPSA) is 68.0 Å². The third-order valence-electron chi connectivity index (χ3n) is 3.51. The van der Waals surface area contributed by atoms with E-state index in [1.54, 1.807) is 11.3 Å². The number of amides is 1. The van der Waals surface area contributed by atoms with E-state index in [9.17, 15) is 4.79 Å². The van der Waals surface area contributed by atoms with Gasteiger partial charge in [-0.25, -0.2) is 4.98 Å². The number of nitrogens with zero attached hydrogens (tertiary/aromatic N) is 1. The van der Waals surface area contributed by atoms with Crippen molar-refractivity contribution >= 4 is 22.4 Å². The maximum atomic E-state index is 11.8. The molecule has 0 aliphatic carbocycles. The minimum atomic E-state index is -0.0194. The molecule has 0 spiro atoms. The highest BCUT2D eigenvalue weighted by Crippen LogP contribution is 2.33. The van der Waals surface area contributed by atoms with Crippen LogP contribution in [0, 0.1) is 13.8 Å². The van der Waals surface area contributed by atoms with Gasteiger partial charge in [0.25, 0.3) is 0 Å². The Kier molecular flexibility index (Phi) is 5.69. The molecule has 0 radical (unpaired) electrons. The minimum absolute atomic E-state index is 0.0194. The predicted molar refractivity (Wildman–Crippen MR) is 93.3 cm³/mol. The molecule has 0 saturated carbocycles. The van der Waals surface area contributed by atoms with E-state index in [1.807, 2.05) is 0 Å². The van der Waals surface area contributed by atoms with Crippen molar-refractivity contribution in [2.45, 2.75) is 40.0 Å². The summed E-state index contributed by atoms with van der Waals surface area (Å²) in [5, 5.41) is 3.56. The summed E-state index contributed by atoms with van der Waals surface area (Å²) in [7, 11) is 0. The molecule has 4 nitrogen and oxygen atoms in total. The molecule has 22 heavy (non-hydrogen) atoms. The fourth-order valence-electron chi connectivity index (χ4n) is 2.38. The van der Waals surface area contributed by atoms with Crippen molar-refractivity contribution in [1.29, 1.82) is 0 Å². The van der Waals surface area contributed by atoms with Gasteiger partial charge in [0, 0.05) is 16.9 Å². The zero-order valence-corrected chi connectivity index (χ0v) is 14.2. The minimum Gasteiger partial charge on any atom is -0.330 e. The van der Waals surface area contributed by atoms with Crippen LogP contribution in [0.15, 0.2) is 18.2 Å². The number of carbonyl (C=O) groups is 1. The largest absolute Gasteiger partial charge is 0.330 e. The Morgan fingerprint density at radius 1 is 1.36 bits per heavy atom. The van der Waals surface area contributed by atoms with E-state index in [0.29, 0.717) is 24.5 Å². The quantitative estimate of drug-likeness (QED) is 0.854. The average Bonchev–Trinajstić information content (AvgIpc) is 2.87. The van der Waals surface area contributed by atoms with Gasteiger partial charge in [-0.2, -0.15) is 0 Å². The molecule has 1 amide bonds. The van der Waals surface area contributed by atoms with Crippen LogP contribution in [0.25, 0.3) is 11.3 Å². The van der Waals surface area contributed by atoms with Crippen molar-refractivity contribution in [2.24, 2.45) is 5.73 Å². The average molecular weight is 317 g/mol. The molecule has 0 fully saturated rings. The van der Waals surface area contributed by atoms with Crippen LogP contribution in [0.2, 0.25) is 0 Å². The van der Waals surface area contributed by atoms with Crippen LogP contribution >= 0.6 is 11.3 Å². The highest BCUT2D eigenvalue weighted by molar-refractivity contribution is 7.16. The van der Waals surface area contributed by atoms with Gasteiger partial charge in [0.2, 0.25) is 5.91 Å². The number of aryl methyl sites for hydroxylation is 3. The fourth-order valence-corrected chi connectivity index (χ4v) is 3.31. The zero-order valence-electron chi connectivity index (χ0n) is 13.4. The molecule has 1 heterocycles. The normalized spacial score (nSPS) is 10.7. The Morgan fingerprint density at radius 2 is 2.14 bits per heavy atom. The number of benzene rings is 1. The van der Waals surface area contributed by atoms with Gasteiger partial charge in [-0.3, -0.25) is 4.79 Å². The summed E-state index contributed by atoms with van der Waals surface area (Å²) >= 11 is 1.55. The first-order chi connectivity index (χ1) is 10.5. The molecule has 5 heteroatoms. The molecule has 0 unspecified atom stereocenters. The highest BCUT2D eigenvalue weighted by atomic mass is 32.1. The molecule has 1 aromatic carbocycles. The van der Waals surface area contributed by atoms with Gasteiger partial charge in [-0.1, -0.05) is 30.7 Å². The number of thiazole rings is 1. The molecule has 0 atom stereocenters. The van der Waals surface area contributed by atoms with Gasteiger partial charge in [0.1, 0.15) is 0 Å². The third-order valence-corrected chi connectivity index (χ3v) is 4.62. The van der Waals surface area contributed by atoms with Crippen LogP contribution in [-0.2, 0) is 11.2 Å². The van der Waals surface area contributed by atoms with Crippen molar-refractivity contribution < 1.29 is 4.79 Å². The van der Waals surface area contributed by atoms with E-state index in [-0.39, 0.29) is 5.91 Å². The van der Waals surface area contributed by atoms with Crippen LogP contribution in [-0.4, -0.2) is 17.4 Å².